The van der Waals surface area contributed by atoms with Gasteiger partial charge in [-0.05, 0) is 54.8 Å². The number of benzene rings is 3. The monoisotopic (exact) mass is 476 g/mol. The Bertz CT molecular complexity index is 1390. The van der Waals surface area contributed by atoms with E-state index in [1.807, 2.05) is 24.3 Å². The number of amides is 2. The van der Waals surface area contributed by atoms with Crippen molar-refractivity contribution in [3.63, 3.8) is 0 Å². The number of hydrogen-bond acceptors (Lipinski definition) is 6. The summed E-state index contributed by atoms with van der Waals surface area (Å²) < 4.78 is 23.1. The number of rotatable bonds is 5. The molecule has 0 atom stereocenters. The molecular formula is C25H24N4O4S. The number of carbonyl (C=O) groups is 2. The van der Waals surface area contributed by atoms with Gasteiger partial charge in [-0.2, -0.15) is 0 Å². The average molecular weight is 477 g/mol. The lowest BCUT2D eigenvalue weighted by atomic mass is 9.90. The molecule has 9 heteroatoms. The SMILES string of the molecule is NS(=O)(=O)c1ccc(CN2C(=O)c3ccc(N4CCC4)c4c(N5CCC5)ccc(c34)C2=O)cc1. The third kappa shape index (κ3) is 3.19. The molecule has 3 aromatic rings. The molecule has 3 aliphatic heterocycles. The summed E-state index contributed by atoms with van der Waals surface area (Å²) in [6.45, 7) is 3.94. The highest BCUT2D eigenvalue weighted by Crippen LogP contribution is 2.43. The summed E-state index contributed by atoms with van der Waals surface area (Å²) in [6.07, 6.45) is 2.27. The van der Waals surface area contributed by atoms with E-state index in [9.17, 15) is 18.0 Å². The van der Waals surface area contributed by atoms with Crippen LogP contribution in [0.3, 0.4) is 0 Å². The molecule has 2 N–H and O–H groups in total. The highest BCUT2D eigenvalue weighted by Gasteiger charge is 2.36. The Kier molecular flexibility index (Phi) is 4.69. The zero-order valence-electron chi connectivity index (χ0n) is 18.5. The van der Waals surface area contributed by atoms with Crippen molar-refractivity contribution >= 4 is 44.0 Å². The van der Waals surface area contributed by atoms with Crippen LogP contribution < -0.4 is 14.9 Å². The van der Waals surface area contributed by atoms with Crippen molar-refractivity contribution in [2.75, 3.05) is 36.0 Å². The molecule has 8 nitrogen and oxygen atoms in total. The molecule has 3 heterocycles. The van der Waals surface area contributed by atoms with Crippen molar-refractivity contribution in [1.82, 2.24) is 4.90 Å². The maximum atomic E-state index is 13.5. The summed E-state index contributed by atoms with van der Waals surface area (Å²) in [7, 11) is -3.81. The summed E-state index contributed by atoms with van der Waals surface area (Å²) >= 11 is 0. The Balaban J connectivity index is 1.44. The van der Waals surface area contributed by atoms with Crippen molar-refractivity contribution in [2.45, 2.75) is 24.3 Å². The van der Waals surface area contributed by atoms with Crippen molar-refractivity contribution in [3.05, 3.63) is 65.2 Å². The predicted molar refractivity (Wildman–Crippen MR) is 130 cm³/mol. The molecule has 0 unspecified atom stereocenters. The Morgan fingerprint density at radius 3 is 1.62 bits per heavy atom. The molecule has 6 rings (SSSR count). The first kappa shape index (κ1) is 21.1. The molecule has 0 bridgehead atoms. The van der Waals surface area contributed by atoms with Crippen LogP contribution in [-0.4, -0.2) is 51.3 Å². The highest BCUT2D eigenvalue weighted by molar-refractivity contribution is 7.89. The van der Waals surface area contributed by atoms with Gasteiger partial charge in [-0.3, -0.25) is 14.5 Å². The van der Waals surface area contributed by atoms with E-state index in [0.29, 0.717) is 16.7 Å². The van der Waals surface area contributed by atoms with Gasteiger partial charge in [0.2, 0.25) is 10.0 Å². The summed E-state index contributed by atoms with van der Waals surface area (Å²) in [6, 6.07) is 13.6. The fraction of sp³-hybridized carbons (Fsp3) is 0.280. The van der Waals surface area contributed by atoms with E-state index in [4.69, 9.17) is 5.14 Å². The maximum absolute atomic E-state index is 13.5. The molecule has 3 aliphatic rings. The Labute approximate surface area is 197 Å². The maximum Gasteiger partial charge on any atom is 0.261 e. The second kappa shape index (κ2) is 7.54. The minimum atomic E-state index is -3.81. The first-order chi connectivity index (χ1) is 16.3. The van der Waals surface area contributed by atoms with Crippen LogP contribution in [-0.2, 0) is 16.6 Å². The third-order valence-electron chi connectivity index (χ3n) is 7.05. The van der Waals surface area contributed by atoms with Crippen LogP contribution in [0, 0.1) is 0 Å². The largest absolute Gasteiger partial charge is 0.371 e. The van der Waals surface area contributed by atoms with E-state index >= 15 is 0 Å². The van der Waals surface area contributed by atoms with Gasteiger partial charge in [0.05, 0.1) is 11.4 Å². The molecule has 2 saturated heterocycles. The average Bonchev–Trinajstić information content (AvgIpc) is 2.73. The quantitative estimate of drug-likeness (QED) is 0.568. The van der Waals surface area contributed by atoms with Crippen molar-refractivity contribution in [1.29, 1.82) is 0 Å². The lowest BCUT2D eigenvalue weighted by Gasteiger charge is -2.39. The fourth-order valence-corrected chi connectivity index (χ4v) is 5.47. The van der Waals surface area contributed by atoms with Gasteiger partial charge in [0.25, 0.3) is 11.8 Å². The van der Waals surface area contributed by atoms with E-state index in [-0.39, 0.29) is 23.3 Å². The predicted octanol–water partition coefficient (Wildman–Crippen LogP) is 2.70. The number of anilines is 2. The Hall–Kier alpha value is -3.43. The van der Waals surface area contributed by atoms with E-state index in [1.165, 1.54) is 17.0 Å². The van der Waals surface area contributed by atoms with E-state index < -0.39 is 10.0 Å². The summed E-state index contributed by atoms with van der Waals surface area (Å²) in [5.74, 6) is -0.678. The van der Waals surface area contributed by atoms with E-state index in [2.05, 4.69) is 9.80 Å². The summed E-state index contributed by atoms with van der Waals surface area (Å²) in [4.78, 5) is 32.9. The summed E-state index contributed by atoms with van der Waals surface area (Å²) in [5.41, 5.74) is 3.86. The first-order valence-electron chi connectivity index (χ1n) is 11.4. The standard InChI is InChI=1S/C25H24N4O4S/c26-34(32,33)17-5-3-16(4-6-17)15-29-24(30)18-7-9-20(27-11-1-12-27)23-21(28-13-2-14-28)10-8-19(22(18)23)25(29)31/h3-10H,1-2,11-15H2,(H2,26,32,33). The van der Waals surface area contributed by atoms with Crippen molar-refractivity contribution < 1.29 is 18.0 Å². The Morgan fingerprint density at radius 2 is 1.21 bits per heavy atom. The second-order valence-electron chi connectivity index (χ2n) is 9.08. The van der Waals surface area contributed by atoms with Crippen LogP contribution in [0.1, 0.15) is 39.1 Å². The normalized spacial score (nSPS) is 17.7. The number of hydrogen-bond donors (Lipinski definition) is 1. The van der Waals surface area contributed by atoms with Crippen LogP contribution >= 0.6 is 0 Å². The van der Waals surface area contributed by atoms with Crippen LogP contribution in [0.25, 0.3) is 10.8 Å². The molecule has 0 aromatic heterocycles. The van der Waals surface area contributed by atoms with E-state index in [0.717, 1.165) is 61.2 Å². The van der Waals surface area contributed by atoms with Gasteiger partial charge in [-0.25, -0.2) is 13.6 Å². The number of sulfonamides is 1. The first-order valence-corrected chi connectivity index (χ1v) is 12.9. The smallest absolute Gasteiger partial charge is 0.261 e. The number of nitrogens with two attached hydrogens (primary N) is 1. The molecule has 0 aliphatic carbocycles. The fourth-order valence-electron chi connectivity index (χ4n) is 4.95. The molecule has 0 saturated carbocycles. The van der Waals surface area contributed by atoms with Crippen molar-refractivity contribution in [2.24, 2.45) is 5.14 Å². The topological polar surface area (TPSA) is 104 Å². The van der Waals surface area contributed by atoms with Crippen molar-refractivity contribution in [3.8, 4) is 0 Å². The molecule has 2 amide bonds. The molecule has 0 radical (unpaired) electrons. The van der Waals surface area contributed by atoms with Gasteiger partial charge in [0.1, 0.15) is 0 Å². The minimum Gasteiger partial charge on any atom is -0.371 e. The Morgan fingerprint density at radius 1 is 0.706 bits per heavy atom. The zero-order chi connectivity index (χ0) is 23.6. The van der Waals surface area contributed by atoms with Gasteiger partial charge in [-0.15, -0.1) is 0 Å². The van der Waals surface area contributed by atoms with Crippen LogP contribution in [0.15, 0.2) is 53.4 Å². The second-order valence-corrected chi connectivity index (χ2v) is 10.6. The van der Waals surface area contributed by atoms with Gasteiger partial charge in [-0.1, -0.05) is 12.1 Å². The number of primary sulfonamides is 1. The number of imide groups is 1. The number of carbonyl (C=O) groups excluding carboxylic acids is 2. The van der Waals surface area contributed by atoms with Crippen LogP contribution in [0.2, 0.25) is 0 Å². The molecule has 174 valence electrons. The number of nitrogens with zero attached hydrogens (tertiary/aromatic N) is 3. The highest BCUT2D eigenvalue weighted by atomic mass is 32.2. The molecule has 2 fully saturated rings. The summed E-state index contributed by atoms with van der Waals surface area (Å²) in [5, 5.41) is 6.91. The van der Waals surface area contributed by atoms with Gasteiger partial charge in [0.15, 0.2) is 0 Å². The van der Waals surface area contributed by atoms with Crippen LogP contribution in [0.4, 0.5) is 11.4 Å². The van der Waals surface area contributed by atoms with Gasteiger partial charge >= 0.3 is 0 Å². The van der Waals surface area contributed by atoms with Gasteiger partial charge < -0.3 is 9.80 Å². The minimum absolute atomic E-state index is 0.0142. The van der Waals surface area contributed by atoms with E-state index in [1.54, 1.807) is 12.1 Å². The lowest BCUT2D eigenvalue weighted by molar-refractivity contribution is 0.0598. The molecule has 3 aromatic carbocycles. The molecule has 0 spiro atoms. The zero-order valence-corrected chi connectivity index (χ0v) is 19.3. The molecule has 34 heavy (non-hydrogen) atoms. The molecular weight excluding hydrogens is 452 g/mol. The third-order valence-corrected chi connectivity index (χ3v) is 7.98. The van der Waals surface area contributed by atoms with Crippen LogP contribution in [0.5, 0.6) is 0 Å². The lowest BCUT2D eigenvalue weighted by Crippen LogP contribution is -2.42. The van der Waals surface area contributed by atoms with Gasteiger partial charge in [0, 0.05) is 59.5 Å².